The van der Waals surface area contributed by atoms with Crippen molar-refractivity contribution in [2.45, 2.75) is 6.92 Å². The molecule has 0 saturated heterocycles. The second kappa shape index (κ2) is 6.57. The quantitative estimate of drug-likeness (QED) is 0.429. The number of benzene rings is 2. The van der Waals surface area contributed by atoms with Gasteiger partial charge in [0.15, 0.2) is 0 Å². The number of amides is 1. The first-order valence-corrected chi connectivity index (χ1v) is 8.66. The van der Waals surface area contributed by atoms with Crippen LogP contribution in [0.4, 0.5) is 11.4 Å². The minimum atomic E-state index is -0.499. The van der Waals surface area contributed by atoms with Crippen LogP contribution in [0.15, 0.2) is 48.8 Å². The Morgan fingerprint density at radius 1 is 1.22 bits per heavy atom. The highest BCUT2D eigenvalue weighted by Crippen LogP contribution is 2.26. The summed E-state index contributed by atoms with van der Waals surface area (Å²) in [5.74, 6) is -0.412. The summed E-state index contributed by atoms with van der Waals surface area (Å²) in [6.07, 6.45) is 1.53. The Balaban J connectivity index is 1.53. The van der Waals surface area contributed by atoms with Crippen LogP contribution < -0.4 is 5.32 Å². The third-order valence-electron chi connectivity index (χ3n) is 3.94. The van der Waals surface area contributed by atoms with E-state index in [2.05, 4.69) is 20.6 Å². The molecule has 0 unspecified atom stereocenters. The van der Waals surface area contributed by atoms with Gasteiger partial charge in [0, 0.05) is 28.4 Å². The lowest BCUT2D eigenvalue weighted by molar-refractivity contribution is -0.385. The van der Waals surface area contributed by atoms with Gasteiger partial charge in [0.05, 0.1) is 4.92 Å². The molecule has 27 heavy (non-hydrogen) atoms. The average Bonchev–Trinajstić information content (AvgIpc) is 3.24. The highest BCUT2D eigenvalue weighted by molar-refractivity contribution is 7.19. The van der Waals surface area contributed by atoms with Crippen LogP contribution in [0, 0.1) is 17.0 Å². The third kappa shape index (κ3) is 3.25. The number of nitro groups is 1. The SMILES string of the molecule is Cc1ccc(C(=O)Nc2ccc(-c3nn4cnnc4s3)cc2)cc1[N+](=O)[O-]. The molecule has 1 amide bonds. The van der Waals surface area contributed by atoms with Crippen molar-refractivity contribution in [1.82, 2.24) is 19.8 Å². The van der Waals surface area contributed by atoms with E-state index in [-0.39, 0.29) is 11.3 Å². The number of carbonyl (C=O) groups is 1. The van der Waals surface area contributed by atoms with E-state index in [1.807, 2.05) is 12.1 Å². The topological polar surface area (TPSA) is 115 Å². The molecule has 0 atom stereocenters. The number of anilines is 1. The van der Waals surface area contributed by atoms with Crippen LogP contribution in [0.3, 0.4) is 0 Å². The van der Waals surface area contributed by atoms with Crippen molar-refractivity contribution >= 4 is 33.6 Å². The molecular formula is C17H12N6O3S. The number of fused-ring (bicyclic) bond motifs is 1. The zero-order valence-electron chi connectivity index (χ0n) is 14.0. The molecule has 10 heteroatoms. The van der Waals surface area contributed by atoms with E-state index in [0.29, 0.717) is 16.2 Å². The highest BCUT2D eigenvalue weighted by Gasteiger charge is 2.15. The standard InChI is InChI=1S/C17H12N6O3S/c1-10-2-3-12(8-14(10)23(25)26)15(24)19-13-6-4-11(5-7-13)16-21-22-9-18-20-17(22)27-16/h2-9H,1H3,(H,19,24). The van der Waals surface area contributed by atoms with E-state index < -0.39 is 10.8 Å². The Hall–Kier alpha value is -3.66. The molecule has 0 bridgehead atoms. The summed E-state index contributed by atoms with van der Waals surface area (Å²) in [7, 11) is 0. The van der Waals surface area contributed by atoms with Gasteiger partial charge in [-0.15, -0.1) is 10.2 Å². The lowest BCUT2D eigenvalue weighted by atomic mass is 10.1. The molecule has 0 aliphatic heterocycles. The summed E-state index contributed by atoms with van der Waals surface area (Å²) in [6.45, 7) is 1.63. The van der Waals surface area contributed by atoms with E-state index >= 15 is 0 Å². The van der Waals surface area contributed by atoms with Crippen molar-refractivity contribution in [3.8, 4) is 10.6 Å². The number of nitro benzene ring substituents is 1. The van der Waals surface area contributed by atoms with Gasteiger partial charge in [-0.2, -0.15) is 9.61 Å². The van der Waals surface area contributed by atoms with Crippen molar-refractivity contribution in [2.24, 2.45) is 0 Å². The number of hydrogen-bond acceptors (Lipinski definition) is 7. The maximum Gasteiger partial charge on any atom is 0.273 e. The van der Waals surface area contributed by atoms with Crippen LogP contribution in [-0.4, -0.2) is 30.6 Å². The predicted molar refractivity (Wildman–Crippen MR) is 99.9 cm³/mol. The first kappa shape index (κ1) is 16.8. The smallest absolute Gasteiger partial charge is 0.273 e. The van der Waals surface area contributed by atoms with E-state index in [9.17, 15) is 14.9 Å². The zero-order chi connectivity index (χ0) is 19.0. The fraction of sp³-hybridized carbons (Fsp3) is 0.0588. The van der Waals surface area contributed by atoms with Crippen LogP contribution in [-0.2, 0) is 0 Å². The molecule has 2 aromatic heterocycles. The first-order chi connectivity index (χ1) is 13.0. The van der Waals surface area contributed by atoms with E-state index in [1.54, 1.807) is 35.7 Å². The summed E-state index contributed by atoms with van der Waals surface area (Å²) in [4.78, 5) is 23.6. The molecule has 2 heterocycles. The number of aryl methyl sites for hydroxylation is 1. The summed E-state index contributed by atoms with van der Waals surface area (Å²) >= 11 is 1.41. The van der Waals surface area contributed by atoms with Gasteiger partial charge in [-0.1, -0.05) is 17.4 Å². The van der Waals surface area contributed by atoms with Crippen molar-refractivity contribution in [2.75, 3.05) is 5.32 Å². The van der Waals surface area contributed by atoms with Gasteiger partial charge in [0.1, 0.15) is 11.3 Å². The molecule has 2 aromatic carbocycles. The molecule has 0 spiro atoms. The molecular weight excluding hydrogens is 368 g/mol. The largest absolute Gasteiger partial charge is 0.322 e. The summed E-state index contributed by atoms with van der Waals surface area (Å²) in [6, 6.07) is 11.6. The molecule has 0 saturated carbocycles. The maximum atomic E-state index is 12.4. The zero-order valence-corrected chi connectivity index (χ0v) is 14.8. The average molecular weight is 380 g/mol. The molecule has 0 fully saturated rings. The fourth-order valence-electron chi connectivity index (χ4n) is 2.52. The van der Waals surface area contributed by atoms with Crippen LogP contribution in [0.25, 0.3) is 15.5 Å². The van der Waals surface area contributed by atoms with Gasteiger partial charge in [0.2, 0.25) is 4.96 Å². The summed E-state index contributed by atoms with van der Waals surface area (Å²) in [5, 5.41) is 26.6. The number of nitrogens with one attached hydrogen (secondary N) is 1. The molecule has 9 nitrogen and oxygen atoms in total. The van der Waals surface area contributed by atoms with E-state index in [1.165, 1.54) is 23.7 Å². The minimum Gasteiger partial charge on any atom is -0.322 e. The first-order valence-electron chi connectivity index (χ1n) is 7.85. The van der Waals surface area contributed by atoms with Gasteiger partial charge in [-0.05, 0) is 37.3 Å². The lowest BCUT2D eigenvalue weighted by Crippen LogP contribution is -2.12. The number of aromatic nitrogens is 4. The number of carbonyl (C=O) groups excluding carboxylic acids is 1. The van der Waals surface area contributed by atoms with Crippen LogP contribution in [0.1, 0.15) is 15.9 Å². The second-order valence-corrected chi connectivity index (χ2v) is 6.71. The number of nitrogens with zero attached hydrogens (tertiary/aromatic N) is 5. The van der Waals surface area contributed by atoms with Gasteiger partial charge in [-0.25, -0.2) is 0 Å². The monoisotopic (exact) mass is 380 g/mol. The molecule has 4 rings (SSSR count). The maximum absolute atomic E-state index is 12.4. The Morgan fingerprint density at radius 2 is 2.00 bits per heavy atom. The van der Waals surface area contributed by atoms with Crippen molar-refractivity contribution < 1.29 is 9.72 Å². The molecule has 4 aromatic rings. The second-order valence-electron chi connectivity index (χ2n) is 5.76. The van der Waals surface area contributed by atoms with Gasteiger partial charge >= 0.3 is 0 Å². The van der Waals surface area contributed by atoms with Crippen molar-refractivity contribution in [3.05, 3.63) is 70.0 Å². The number of rotatable bonds is 4. The van der Waals surface area contributed by atoms with Crippen LogP contribution in [0.5, 0.6) is 0 Å². The third-order valence-corrected chi connectivity index (χ3v) is 4.91. The molecule has 1 N–H and O–H groups in total. The number of hydrogen-bond donors (Lipinski definition) is 1. The van der Waals surface area contributed by atoms with E-state index in [4.69, 9.17) is 0 Å². The molecule has 0 aliphatic rings. The minimum absolute atomic E-state index is 0.0822. The van der Waals surface area contributed by atoms with Crippen LogP contribution >= 0.6 is 11.3 Å². The van der Waals surface area contributed by atoms with Crippen LogP contribution in [0.2, 0.25) is 0 Å². The Bertz CT molecular complexity index is 1140. The van der Waals surface area contributed by atoms with Gasteiger partial charge in [0.25, 0.3) is 11.6 Å². The van der Waals surface area contributed by atoms with Crippen molar-refractivity contribution in [1.29, 1.82) is 0 Å². The predicted octanol–water partition coefficient (Wildman–Crippen LogP) is 3.32. The highest BCUT2D eigenvalue weighted by atomic mass is 32.1. The molecule has 0 radical (unpaired) electrons. The van der Waals surface area contributed by atoms with E-state index in [0.717, 1.165) is 10.6 Å². The Labute approximate surface area is 156 Å². The Morgan fingerprint density at radius 3 is 2.70 bits per heavy atom. The molecule has 0 aliphatic carbocycles. The normalized spacial score (nSPS) is 10.9. The van der Waals surface area contributed by atoms with Gasteiger partial charge in [-0.3, -0.25) is 14.9 Å². The molecule has 134 valence electrons. The summed E-state index contributed by atoms with van der Waals surface area (Å²) < 4.78 is 1.60. The fourth-order valence-corrected chi connectivity index (χ4v) is 3.35. The summed E-state index contributed by atoms with van der Waals surface area (Å²) in [5.41, 5.74) is 2.11. The lowest BCUT2D eigenvalue weighted by Gasteiger charge is -2.06. The Kier molecular flexibility index (Phi) is 4.09. The van der Waals surface area contributed by atoms with Crippen molar-refractivity contribution in [3.63, 3.8) is 0 Å². The van der Waals surface area contributed by atoms with Gasteiger partial charge < -0.3 is 5.32 Å².